The second-order valence-electron chi connectivity index (χ2n) is 9.87. The number of nitriles is 1. The first-order chi connectivity index (χ1) is 19.0. The molecule has 196 valence electrons. The van der Waals surface area contributed by atoms with Crippen molar-refractivity contribution in [3.8, 4) is 28.8 Å². The Bertz CT molecular complexity index is 1620. The molecule has 0 spiro atoms. The van der Waals surface area contributed by atoms with Crippen LogP contribution in [0.25, 0.3) is 22.3 Å². The van der Waals surface area contributed by atoms with E-state index in [-0.39, 0.29) is 23.3 Å². The number of carbonyl (C=O) groups is 1. The van der Waals surface area contributed by atoms with E-state index >= 15 is 0 Å². The van der Waals surface area contributed by atoms with E-state index in [1.54, 1.807) is 39.9 Å². The van der Waals surface area contributed by atoms with Gasteiger partial charge < -0.3 is 15.4 Å². The van der Waals surface area contributed by atoms with Crippen LogP contribution >= 0.6 is 0 Å². The van der Waals surface area contributed by atoms with Gasteiger partial charge in [-0.05, 0) is 68.0 Å². The minimum Gasteiger partial charge on any atom is -0.454 e. The van der Waals surface area contributed by atoms with Crippen LogP contribution in [0.2, 0.25) is 0 Å². The van der Waals surface area contributed by atoms with Crippen molar-refractivity contribution in [3.63, 3.8) is 0 Å². The molecule has 2 aromatic carbocycles. The predicted molar refractivity (Wildman–Crippen MR) is 143 cm³/mol. The van der Waals surface area contributed by atoms with Crippen LogP contribution in [0.15, 0.2) is 66.5 Å². The molecule has 1 amide bonds. The van der Waals surface area contributed by atoms with Crippen LogP contribution in [0.3, 0.4) is 0 Å². The van der Waals surface area contributed by atoms with Crippen LogP contribution in [0.1, 0.15) is 25.7 Å². The van der Waals surface area contributed by atoms with E-state index in [1.807, 2.05) is 18.2 Å². The van der Waals surface area contributed by atoms with Gasteiger partial charge in [0.25, 0.3) is 5.91 Å². The van der Waals surface area contributed by atoms with Gasteiger partial charge in [-0.1, -0.05) is 18.2 Å². The van der Waals surface area contributed by atoms with E-state index in [0.29, 0.717) is 47.3 Å². The number of ether oxygens (including phenoxy) is 1. The number of hydrogen-bond acceptors (Lipinski definition) is 7. The molecule has 0 radical (unpaired) electrons. The third kappa shape index (κ3) is 4.91. The maximum absolute atomic E-state index is 14.0. The lowest BCUT2D eigenvalue weighted by Gasteiger charge is -2.24. The number of amides is 1. The highest BCUT2D eigenvalue weighted by Gasteiger charge is 2.33. The largest absolute Gasteiger partial charge is 0.454 e. The number of halogens is 1. The second-order valence-corrected chi connectivity index (χ2v) is 9.87. The monoisotopic (exact) mass is 523 g/mol. The lowest BCUT2D eigenvalue weighted by atomic mass is 10.1. The second kappa shape index (κ2) is 10.2. The molecule has 2 N–H and O–H groups in total. The van der Waals surface area contributed by atoms with E-state index < -0.39 is 5.82 Å². The van der Waals surface area contributed by atoms with Gasteiger partial charge in [0.05, 0.1) is 18.0 Å². The quantitative estimate of drug-likeness (QED) is 0.271. The molecule has 10 heteroatoms. The van der Waals surface area contributed by atoms with Crippen LogP contribution in [0.4, 0.5) is 10.2 Å². The zero-order valence-corrected chi connectivity index (χ0v) is 21.1. The van der Waals surface area contributed by atoms with Crippen molar-refractivity contribution in [1.82, 2.24) is 24.6 Å². The number of likely N-dealkylation sites (tertiary alicyclic amines) is 1. The summed E-state index contributed by atoms with van der Waals surface area (Å²) in [5.74, 6) is 0.588. The van der Waals surface area contributed by atoms with Gasteiger partial charge in [0, 0.05) is 12.1 Å². The zero-order valence-electron chi connectivity index (χ0n) is 21.1. The fraction of sp³-hybridized carbons (Fsp3) is 0.276. The summed E-state index contributed by atoms with van der Waals surface area (Å²) in [5.41, 5.74) is 8.42. The minimum absolute atomic E-state index is 0.128. The predicted octanol–water partition coefficient (Wildman–Crippen LogP) is 4.86. The number of aromatic nitrogens is 4. The Labute approximate surface area is 224 Å². The van der Waals surface area contributed by atoms with E-state index in [9.17, 15) is 14.4 Å². The van der Waals surface area contributed by atoms with Gasteiger partial charge in [0.1, 0.15) is 35.2 Å². The van der Waals surface area contributed by atoms with Crippen LogP contribution in [0, 0.1) is 23.1 Å². The van der Waals surface area contributed by atoms with Gasteiger partial charge >= 0.3 is 0 Å². The lowest BCUT2D eigenvalue weighted by molar-refractivity contribution is -0.127. The summed E-state index contributed by atoms with van der Waals surface area (Å²) in [6, 6.07) is 15.3. The Morgan fingerprint density at radius 1 is 1.15 bits per heavy atom. The molecule has 1 atom stereocenters. The van der Waals surface area contributed by atoms with Crippen molar-refractivity contribution in [2.45, 2.75) is 38.3 Å². The van der Waals surface area contributed by atoms with E-state index in [4.69, 9.17) is 15.6 Å². The first-order valence-corrected chi connectivity index (χ1v) is 12.9. The summed E-state index contributed by atoms with van der Waals surface area (Å²) in [5, 5.41) is 15.0. The van der Waals surface area contributed by atoms with Crippen LogP contribution in [0.5, 0.6) is 11.5 Å². The summed E-state index contributed by atoms with van der Waals surface area (Å²) >= 11 is 0. The van der Waals surface area contributed by atoms with Gasteiger partial charge in [0.15, 0.2) is 17.2 Å². The van der Waals surface area contributed by atoms with Gasteiger partial charge in [-0.25, -0.2) is 19.0 Å². The van der Waals surface area contributed by atoms with Crippen molar-refractivity contribution in [1.29, 1.82) is 5.26 Å². The number of carbonyl (C=O) groups excluding carboxylic acids is 1. The molecule has 1 aliphatic carbocycles. The van der Waals surface area contributed by atoms with Gasteiger partial charge in [-0.15, -0.1) is 0 Å². The molecule has 3 heterocycles. The maximum Gasteiger partial charge on any atom is 0.264 e. The summed E-state index contributed by atoms with van der Waals surface area (Å²) in [7, 11) is 0. The summed E-state index contributed by atoms with van der Waals surface area (Å²) in [6.07, 6.45) is 6.92. The van der Waals surface area contributed by atoms with E-state index in [2.05, 4.69) is 16.0 Å². The van der Waals surface area contributed by atoms with Gasteiger partial charge in [0.2, 0.25) is 0 Å². The molecule has 2 aromatic heterocycles. The molecular formula is C29H26FN7O2. The molecule has 39 heavy (non-hydrogen) atoms. The SMILES string of the molecule is N#CC(=CC1CC1)C(=O)N1CCCC1Cn1nc(-c2ccc(Oc3ccccc3F)cc2)c2c(N)ncnc21. The summed E-state index contributed by atoms with van der Waals surface area (Å²) < 4.78 is 21.4. The standard InChI is InChI=1S/C29H26FN7O2/c30-23-5-1-2-6-24(23)39-22-11-9-19(10-12-22)26-25-27(32)33-17-34-28(25)37(35-26)16-21-4-3-13-36(21)29(38)20(15-31)14-18-7-8-18/h1-2,5-6,9-12,14,17-18,21H,3-4,7-8,13,16H2,(H2,32,33,34). The Morgan fingerprint density at radius 2 is 1.95 bits per heavy atom. The normalized spacial score (nSPS) is 17.4. The molecule has 9 nitrogen and oxygen atoms in total. The number of benzene rings is 2. The number of hydrogen-bond donors (Lipinski definition) is 1. The number of nitrogen functional groups attached to an aromatic ring is 1. The molecule has 1 unspecified atom stereocenters. The van der Waals surface area contributed by atoms with Crippen LogP contribution in [-0.4, -0.2) is 43.1 Å². The molecule has 0 bridgehead atoms. The average molecular weight is 524 g/mol. The number of para-hydroxylation sites is 1. The Hall–Kier alpha value is -4.78. The number of nitrogens with two attached hydrogens (primary N) is 1. The zero-order chi connectivity index (χ0) is 26.9. The molecule has 6 rings (SSSR count). The van der Waals surface area contributed by atoms with E-state index in [0.717, 1.165) is 31.2 Å². The molecular weight excluding hydrogens is 497 g/mol. The number of anilines is 1. The molecule has 1 saturated heterocycles. The summed E-state index contributed by atoms with van der Waals surface area (Å²) in [4.78, 5) is 23.6. The Morgan fingerprint density at radius 3 is 2.69 bits per heavy atom. The van der Waals surface area contributed by atoms with Gasteiger partial charge in [-0.3, -0.25) is 4.79 Å². The third-order valence-electron chi connectivity index (χ3n) is 7.15. The molecule has 1 saturated carbocycles. The van der Waals surface area contributed by atoms with Crippen molar-refractivity contribution >= 4 is 22.8 Å². The number of nitrogens with zero attached hydrogens (tertiary/aromatic N) is 6. The lowest BCUT2D eigenvalue weighted by Crippen LogP contribution is -2.39. The third-order valence-corrected chi connectivity index (χ3v) is 7.15. The maximum atomic E-state index is 14.0. The smallest absolute Gasteiger partial charge is 0.264 e. The molecule has 2 aliphatic rings. The van der Waals surface area contributed by atoms with Crippen LogP contribution in [-0.2, 0) is 11.3 Å². The minimum atomic E-state index is -0.444. The highest BCUT2D eigenvalue weighted by Crippen LogP contribution is 2.34. The molecule has 4 aromatic rings. The number of allylic oxidation sites excluding steroid dienone is 1. The molecule has 2 fully saturated rings. The van der Waals surface area contributed by atoms with Crippen molar-refractivity contribution in [3.05, 3.63) is 72.3 Å². The first-order valence-electron chi connectivity index (χ1n) is 12.9. The van der Waals surface area contributed by atoms with Crippen LogP contribution < -0.4 is 10.5 Å². The van der Waals surface area contributed by atoms with E-state index in [1.165, 1.54) is 12.4 Å². The Kier molecular flexibility index (Phi) is 6.40. The first kappa shape index (κ1) is 24.6. The highest BCUT2D eigenvalue weighted by atomic mass is 19.1. The fourth-order valence-electron chi connectivity index (χ4n) is 5.00. The topological polar surface area (TPSA) is 123 Å². The summed E-state index contributed by atoms with van der Waals surface area (Å²) in [6.45, 7) is 1.01. The highest BCUT2D eigenvalue weighted by molar-refractivity contribution is 5.99. The number of rotatable bonds is 7. The van der Waals surface area contributed by atoms with Crippen molar-refractivity contribution < 1.29 is 13.9 Å². The number of fused-ring (bicyclic) bond motifs is 1. The molecule has 1 aliphatic heterocycles. The van der Waals surface area contributed by atoms with Crippen molar-refractivity contribution in [2.75, 3.05) is 12.3 Å². The van der Waals surface area contributed by atoms with Gasteiger partial charge in [-0.2, -0.15) is 10.4 Å². The Balaban J connectivity index is 1.29. The average Bonchev–Trinajstić information content (AvgIpc) is 3.52. The van der Waals surface area contributed by atoms with Crippen molar-refractivity contribution in [2.24, 2.45) is 5.92 Å². The fourth-order valence-corrected chi connectivity index (χ4v) is 5.00.